The van der Waals surface area contributed by atoms with Crippen LogP contribution in [0.2, 0.25) is 0 Å². The number of methoxy groups -OCH3 is 2. The number of amides is 4. The number of pyridine rings is 2. The first-order valence-corrected chi connectivity index (χ1v) is 12.8. The van der Waals surface area contributed by atoms with E-state index in [9.17, 15) is 19.5 Å². The van der Waals surface area contributed by atoms with Gasteiger partial charge in [-0.1, -0.05) is 33.4 Å². The number of carbonyl (C=O) groups excluding carboxylic acids is 3. The first-order chi connectivity index (χ1) is 19.5. The van der Waals surface area contributed by atoms with Crippen LogP contribution >= 0.6 is 0 Å². The van der Waals surface area contributed by atoms with Crippen molar-refractivity contribution in [3.63, 3.8) is 0 Å². The number of carbonyl (C=O) groups is 3. The van der Waals surface area contributed by atoms with E-state index in [-0.39, 0.29) is 24.1 Å². The van der Waals surface area contributed by atoms with Gasteiger partial charge in [0.2, 0.25) is 5.91 Å². The monoisotopic (exact) mass is 563 g/mol. The maximum absolute atomic E-state index is 11.5. The summed E-state index contributed by atoms with van der Waals surface area (Å²) in [6.07, 6.45) is 3.23. The standard InChI is InChI=1S/C13H12N2O2.C10H11NO2.C4H10.C3H4N2O2/c1-9(12-10(16)5-3-7-14-12)13-11(17-2)6-4-8-15-13;1-11-6-7-3-4-8(13-2)5-9(7)10(11)12;1-4(2)3;6-2-1-4-3(7)5-2/h3-8,16H,1H2,2H3;3-5H,6H2,1-2H3;4H,1-3H3;1H2,(H2,4,5,6,7). The lowest BCUT2D eigenvalue weighted by molar-refractivity contribution is -0.117. The lowest BCUT2D eigenvalue weighted by Gasteiger charge is -2.09. The Morgan fingerprint density at radius 2 is 1.63 bits per heavy atom. The van der Waals surface area contributed by atoms with Crippen molar-refractivity contribution < 1.29 is 29.0 Å². The summed E-state index contributed by atoms with van der Waals surface area (Å²) >= 11 is 0. The number of nitrogens with zero attached hydrogens (tertiary/aromatic N) is 3. The molecule has 11 nitrogen and oxygen atoms in total. The van der Waals surface area contributed by atoms with Gasteiger partial charge in [0.1, 0.15) is 28.6 Å². The van der Waals surface area contributed by atoms with E-state index in [4.69, 9.17) is 9.47 Å². The average Bonchev–Trinajstić information content (AvgIpc) is 3.48. The molecule has 218 valence electrons. The number of hydrogen-bond acceptors (Lipinski definition) is 8. The summed E-state index contributed by atoms with van der Waals surface area (Å²) in [5.41, 5.74) is 3.35. The number of hydrogen-bond donors (Lipinski definition) is 3. The molecule has 3 N–H and O–H groups in total. The second-order valence-corrected chi connectivity index (χ2v) is 9.55. The van der Waals surface area contributed by atoms with E-state index in [1.165, 1.54) is 0 Å². The number of aromatic hydroxyl groups is 1. The summed E-state index contributed by atoms with van der Waals surface area (Å²) < 4.78 is 10.2. The van der Waals surface area contributed by atoms with Crippen LogP contribution in [0.15, 0.2) is 61.4 Å². The van der Waals surface area contributed by atoms with Crippen molar-refractivity contribution in [2.75, 3.05) is 27.8 Å². The van der Waals surface area contributed by atoms with Gasteiger partial charge < -0.3 is 24.8 Å². The summed E-state index contributed by atoms with van der Waals surface area (Å²) in [7, 11) is 4.96. The second-order valence-electron chi connectivity index (χ2n) is 9.55. The topological polar surface area (TPSA) is 143 Å². The van der Waals surface area contributed by atoms with Crippen LogP contribution in [-0.2, 0) is 11.3 Å². The zero-order valence-electron chi connectivity index (χ0n) is 24.2. The Bertz CT molecular complexity index is 1360. The SMILES string of the molecule is C=C(c1ncccc1O)c1ncccc1OC.CC(C)C.COc1ccc2c(c1)C(=O)N(C)C2.O=C1CNC(=O)N1. The highest BCUT2D eigenvalue weighted by Crippen LogP contribution is 2.30. The Hall–Kier alpha value is -4.93. The fraction of sp³-hybridized carbons (Fsp3) is 0.300. The van der Waals surface area contributed by atoms with Crippen LogP contribution in [0.25, 0.3) is 5.57 Å². The van der Waals surface area contributed by atoms with Gasteiger partial charge in [-0.05, 0) is 47.9 Å². The Morgan fingerprint density at radius 1 is 1.00 bits per heavy atom. The van der Waals surface area contributed by atoms with E-state index < -0.39 is 6.03 Å². The number of rotatable bonds is 4. The number of aromatic nitrogens is 2. The third-order valence-corrected chi connectivity index (χ3v) is 5.31. The van der Waals surface area contributed by atoms with Crippen LogP contribution < -0.4 is 20.1 Å². The molecule has 0 atom stereocenters. The molecule has 0 unspecified atom stereocenters. The number of ether oxygens (including phenoxy) is 2. The molecular formula is C30H37N5O6. The zero-order valence-corrected chi connectivity index (χ0v) is 24.2. The van der Waals surface area contributed by atoms with E-state index in [0.717, 1.165) is 22.8 Å². The van der Waals surface area contributed by atoms with Crippen molar-refractivity contribution in [2.45, 2.75) is 27.3 Å². The number of fused-ring (bicyclic) bond motifs is 1. The maximum Gasteiger partial charge on any atom is 0.321 e. The van der Waals surface area contributed by atoms with Crippen molar-refractivity contribution in [1.29, 1.82) is 0 Å². The summed E-state index contributed by atoms with van der Waals surface area (Å²) in [5.74, 6) is 2.06. The van der Waals surface area contributed by atoms with Crippen molar-refractivity contribution in [3.8, 4) is 17.2 Å². The van der Waals surface area contributed by atoms with E-state index in [2.05, 4.69) is 42.6 Å². The van der Waals surface area contributed by atoms with Crippen LogP contribution in [-0.4, -0.2) is 65.6 Å². The Labute approximate surface area is 240 Å². The molecule has 41 heavy (non-hydrogen) atoms. The molecule has 4 heterocycles. The minimum absolute atomic E-state index is 0.0743. The third-order valence-electron chi connectivity index (χ3n) is 5.31. The van der Waals surface area contributed by atoms with Crippen molar-refractivity contribution in [1.82, 2.24) is 25.5 Å². The molecule has 3 aromatic rings. The van der Waals surface area contributed by atoms with Crippen LogP contribution in [0.4, 0.5) is 4.79 Å². The normalized spacial score (nSPS) is 12.9. The largest absolute Gasteiger partial charge is 0.506 e. The van der Waals surface area contributed by atoms with E-state index in [1.807, 2.05) is 17.4 Å². The molecule has 2 aliphatic rings. The van der Waals surface area contributed by atoms with Gasteiger partial charge in [0, 0.05) is 37.1 Å². The molecule has 0 aliphatic carbocycles. The molecule has 0 radical (unpaired) electrons. The predicted octanol–water partition coefficient (Wildman–Crippen LogP) is 4.02. The zero-order chi connectivity index (χ0) is 30.5. The third kappa shape index (κ3) is 9.64. The molecule has 0 bridgehead atoms. The number of benzene rings is 1. The number of imide groups is 1. The molecule has 5 rings (SSSR count). The lowest BCUT2D eigenvalue weighted by atomic mass is 10.1. The number of urea groups is 1. The predicted molar refractivity (Wildman–Crippen MR) is 156 cm³/mol. The first-order valence-electron chi connectivity index (χ1n) is 12.8. The van der Waals surface area contributed by atoms with Crippen LogP contribution in [0.1, 0.15) is 48.1 Å². The second kappa shape index (κ2) is 15.6. The molecule has 2 aromatic heterocycles. The van der Waals surface area contributed by atoms with Crippen molar-refractivity contribution in [3.05, 3.63) is 84.0 Å². The minimum atomic E-state index is -0.398. The van der Waals surface area contributed by atoms with Crippen LogP contribution in [0, 0.1) is 5.92 Å². The van der Waals surface area contributed by atoms with Gasteiger partial charge in [-0.15, -0.1) is 0 Å². The van der Waals surface area contributed by atoms with E-state index >= 15 is 0 Å². The van der Waals surface area contributed by atoms with E-state index in [0.29, 0.717) is 29.3 Å². The molecule has 1 saturated heterocycles. The summed E-state index contributed by atoms with van der Waals surface area (Å²) in [4.78, 5) is 41.6. The molecule has 4 amide bonds. The molecular weight excluding hydrogens is 526 g/mol. The highest BCUT2D eigenvalue weighted by molar-refractivity contribution is 6.01. The summed E-state index contributed by atoms with van der Waals surface area (Å²) in [6.45, 7) is 11.2. The highest BCUT2D eigenvalue weighted by atomic mass is 16.5. The highest BCUT2D eigenvalue weighted by Gasteiger charge is 2.24. The Balaban J connectivity index is 0.000000215. The number of nitrogens with one attached hydrogen (secondary N) is 2. The van der Waals surface area contributed by atoms with E-state index in [1.54, 1.807) is 68.9 Å². The molecule has 1 fully saturated rings. The summed E-state index contributed by atoms with van der Waals surface area (Å²) in [6, 6.07) is 12.0. The lowest BCUT2D eigenvalue weighted by Crippen LogP contribution is -2.22. The van der Waals surface area contributed by atoms with Gasteiger partial charge in [-0.2, -0.15) is 0 Å². The first kappa shape index (κ1) is 32.3. The molecule has 0 spiro atoms. The van der Waals surface area contributed by atoms with Gasteiger partial charge >= 0.3 is 6.03 Å². The average molecular weight is 564 g/mol. The van der Waals surface area contributed by atoms with Crippen LogP contribution in [0.5, 0.6) is 17.2 Å². The van der Waals surface area contributed by atoms with Gasteiger partial charge in [0.25, 0.3) is 5.91 Å². The fourth-order valence-corrected chi connectivity index (χ4v) is 3.45. The fourth-order valence-electron chi connectivity index (χ4n) is 3.45. The van der Waals surface area contributed by atoms with Gasteiger partial charge in [-0.25, -0.2) is 4.79 Å². The smallest absolute Gasteiger partial charge is 0.321 e. The van der Waals surface area contributed by atoms with Crippen molar-refractivity contribution >= 4 is 23.4 Å². The summed E-state index contributed by atoms with van der Waals surface area (Å²) in [5, 5.41) is 14.0. The van der Waals surface area contributed by atoms with Gasteiger partial charge in [-0.3, -0.25) is 24.9 Å². The molecule has 11 heteroatoms. The Kier molecular flexibility index (Phi) is 12.3. The minimum Gasteiger partial charge on any atom is -0.506 e. The molecule has 1 aromatic carbocycles. The molecule has 2 aliphatic heterocycles. The Morgan fingerprint density at radius 3 is 2.15 bits per heavy atom. The van der Waals surface area contributed by atoms with Gasteiger partial charge in [0.05, 0.1) is 20.8 Å². The van der Waals surface area contributed by atoms with Gasteiger partial charge in [0.15, 0.2) is 0 Å². The van der Waals surface area contributed by atoms with Crippen molar-refractivity contribution in [2.24, 2.45) is 5.92 Å². The van der Waals surface area contributed by atoms with Crippen LogP contribution in [0.3, 0.4) is 0 Å². The molecule has 0 saturated carbocycles. The quantitative estimate of drug-likeness (QED) is 0.404. The maximum atomic E-state index is 11.5.